The number of nitrogens with one attached hydrogen (secondary N) is 2. The van der Waals surface area contributed by atoms with Crippen molar-refractivity contribution in [2.75, 3.05) is 13.2 Å². The molecule has 1 saturated heterocycles. The number of nitrogens with zero attached hydrogens (tertiary/aromatic N) is 2. The van der Waals surface area contributed by atoms with Gasteiger partial charge in [-0.15, -0.1) is 0 Å². The van der Waals surface area contributed by atoms with Crippen molar-refractivity contribution in [3.8, 4) is 0 Å². The van der Waals surface area contributed by atoms with Gasteiger partial charge in [0.15, 0.2) is 0 Å². The molecule has 0 saturated carbocycles. The summed E-state index contributed by atoms with van der Waals surface area (Å²) in [5, 5.41) is 5.69. The van der Waals surface area contributed by atoms with E-state index in [1.54, 1.807) is 29.1 Å². The average molecular weight is 332 g/mol. The third kappa shape index (κ3) is 3.91. The lowest BCUT2D eigenvalue weighted by atomic mass is 10.1. The molecule has 6 nitrogen and oxygen atoms in total. The van der Waals surface area contributed by atoms with Crippen molar-refractivity contribution < 1.29 is 13.9 Å². The van der Waals surface area contributed by atoms with Gasteiger partial charge >= 0.3 is 6.03 Å². The number of imidazole rings is 1. The lowest BCUT2D eigenvalue weighted by Gasteiger charge is -2.20. The zero-order chi connectivity index (χ0) is 16.9. The SMILES string of the molecule is Cn1ccnc1[C@H](NC(=O)NC[C@H]1CCCO1)c1cccc(F)c1. The van der Waals surface area contributed by atoms with Crippen LogP contribution in [0.1, 0.15) is 30.3 Å². The van der Waals surface area contributed by atoms with Crippen LogP contribution >= 0.6 is 0 Å². The van der Waals surface area contributed by atoms with Gasteiger partial charge in [-0.25, -0.2) is 14.2 Å². The number of aromatic nitrogens is 2. The first-order valence-electron chi connectivity index (χ1n) is 8.02. The molecule has 7 heteroatoms. The normalized spacial score (nSPS) is 18.3. The number of hydrogen-bond acceptors (Lipinski definition) is 3. The maximum absolute atomic E-state index is 13.6. The maximum Gasteiger partial charge on any atom is 0.315 e. The first-order chi connectivity index (χ1) is 11.6. The van der Waals surface area contributed by atoms with Crippen molar-refractivity contribution in [1.29, 1.82) is 0 Å². The van der Waals surface area contributed by atoms with Crippen LogP contribution in [0.5, 0.6) is 0 Å². The molecule has 128 valence electrons. The molecule has 24 heavy (non-hydrogen) atoms. The summed E-state index contributed by atoms with van der Waals surface area (Å²) in [6.45, 7) is 1.20. The molecule has 2 atom stereocenters. The second kappa shape index (κ2) is 7.44. The molecule has 0 unspecified atom stereocenters. The smallest absolute Gasteiger partial charge is 0.315 e. The molecule has 1 aliphatic rings. The van der Waals surface area contributed by atoms with E-state index in [0.29, 0.717) is 17.9 Å². The van der Waals surface area contributed by atoms with E-state index >= 15 is 0 Å². The van der Waals surface area contributed by atoms with Gasteiger partial charge in [-0.3, -0.25) is 0 Å². The third-order valence-corrected chi connectivity index (χ3v) is 4.09. The molecule has 0 spiro atoms. The number of hydrogen-bond donors (Lipinski definition) is 2. The molecule has 2 heterocycles. The Morgan fingerprint density at radius 2 is 2.42 bits per heavy atom. The predicted octanol–water partition coefficient (Wildman–Crippen LogP) is 2.13. The fourth-order valence-electron chi connectivity index (χ4n) is 2.83. The van der Waals surface area contributed by atoms with Gasteiger partial charge in [0.25, 0.3) is 0 Å². The lowest BCUT2D eigenvalue weighted by Crippen LogP contribution is -2.42. The molecule has 2 amide bonds. The number of urea groups is 1. The molecule has 0 radical (unpaired) electrons. The fraction of sp³-hybridized carbons (Fsp3) is 0.412. The molecule has 3 rings (SSSR count). The van der Waals surface area contributed by atoms with Crippen molar-refractivity contribution in [1.82, 2.24) is 20.2 Å². The van der Waals surface area contributed by atoms with E-state index in [0.717, 1.165) is 19.4 Å². The third-order valence-electron chi connectivity index (χ3n) is 4.09. The Kier molecular flexibility index (Phi) is 5.10. The van der Waals surface area contributed by atoms with Crippen LogP contribution < -0.4 is 10.6 Å². The van der Waals surface area contributed by atoms with E-state index in [1.807, 2.05) is 7.05 Å². The highest BCUT2D eigenvalue weighted by Crippen LogP contribution is 2.21. The quantitative estimate of drug-likeness (QED) is 0.881. The van der Waals surface area contributed by atoms with Crippen LogP contribution in [0.15, 0.2) is 36.7 Å². The Labute approximate surface area is 140 Å². The highest BCUT2D eigenvalue weighted by molar-refractivity contribution is 5.74. The van der Waals surface area contributed by atoms with E-state index in [4.69, 9.17) is 4.74 Å². The van der Waals surface area contributed by atoms with Gasteiger partial charge in [-0.2, -0.15) is 0 Å². The summed E-state index contributed by atoms with van der Waals surface area (Å²) < 4.78 is 20.9. The summed E-state index contributed by atoms with van der Waals surface area (Å²) in [4.78, 5) is 16.6. The second-order valence-electron chi connectivity index (χ2n) is 5.87. The highest BCUT2D eigenvalue weighted by Gasteiger charge is 2.22. The molecule has 1 aromatic heterocycles. The zero-order valence-corrected chi connectivity index (χ0v) is 13.5. The van der Waals surface area contributed by atoms with Crippen molar-refractivity contribution in [2.24, 2.45) is 7.05 Å². The Morgan fingerprint density at radius 3 is 3.08 bits per heavy atom. The molecular formula is C17H21FN4O2. The summed E-state index contributed by atoms with van der Waals surface area (Å²) >= 11 is 0. The Hall–Kier alpha value is -2.41. The van der Waals surface area contributed by atoms with Crippen LogP contribution in [0.4, 0.5) is 9.18 Å². The summed E-state index contributed by atoms with van der Waals surface area (Å²) in [5.41, 5.74) is 0.636. The number of rotatable bonds is 5. The van der Waals surface area contributed by atoms with Gasteiger partial charge in [0.1, 0.15) is 17.7 Å². The number of halogens is 1. The minimum Gasteiger partial charge on any atom is -0.376 e. The van der Waals surface area contributed by atoms with Gasteiger partial charge in [-0.1, -0.05) is 12.1 Å². The number of ether oxygens (including phenoxy) is 1. The zero-order valence-electron chi connectivity index (χ0n) is 13.5. The lowest BCUT2D eigenvalue weighted by molar-refractivity contribution is 0.111. The predicted molar refractivity (Wildman–Crippen MR) is 87.0 cm³/mol. The molecule has 2 aromatic rings. The Morgan fingerprint density at radius 1 is 1.54 bits per heavy atom. The standard InChI is InChI=1S/C17H21FN4O2/c1-22-8-7-19-16(22)15(12-4-2-5-13(18)10-12)21-17(23)20-11-14-6-3-9-24-14/h2,4-5,7-8,10,14-15H,3,6,9,11H2,1H3,(H2,20,21,23)/t14-,15-/m1/s1. The molecule has 1 fully saturated rings. The monoisotopic (exact) mass is 332 g/mol. The number of aryl methyl sites for hydroxylation is 1. The number of carbonyl (C=O) groups is 1. The van der Waals surface area contributed by atoms with E-state index in [9.17, 15) is 9.18 Å². The fourth-order valence-corrected chi connectivity index (χ4v) is 2.83. The van der Waals surface area contributed by atoms with Crippen molar-refractivity contribution in [3.05, 3.63) is 53.9 Å². The van der Waals surface area contributed by atoms with E-state index < -0.39 is 6.04 Å². The maximum atomic E-state index is 13.6. The van der Waals surface area contributed by atoms with Crippen molar-refractivity contribution in [3.63, 3.8) is 0 Å². The van der Waals surface area contributed by atoms with E-state index in [2.05, 4.69) is 15.6 Å². The van der Waals surface area contributed by atoms with Crippen LogP contribution in [-0.2, 0) is 11.8 Å². The van der Waals surface area contributed by atoms with E-state index in [1.165, 1.54) is 12.1 Å². The van der Waals surface area contributed by atoms with Crippen LogP contribution in [-0.4, -0.2) is 34.8 Å². The molecule has 0 aliphatic carbocycles. The minimum absolute atomic E-state index is 0.0662. The van der Waals surface area contributed by atoms with Crippen molar-refractivity contribution >= 4 is 6.03 Å². The Bertz CT molecular complexity index is 697. The summed E-state index contributed by atoms with van der Waals surface area (Å²) in [6, 6.07) is 5.29. The molecular weight excluding hydrogens is 311 g/mol. The Balaban J connectivity index is 1.72. The summed E-state index contributed by atoms with van der Waals surface area (Å²) in [6.07, 6.45) is 5.47. The molecule has 1 aliphatic heterocycles. The first kappa shape index (κ1) is 16.4. The van der Waals surface area contributed by atoms with Crippen LogP contribution in [0.3, 0.4) is 0 Å². The molecule has 1 aromatic carbocycles. The topological polar surface area (TPSA) is 68.2 Å². The number of amides is 2. The minimum atomic E-state index is -0.537. The molecule has 0 bridgehead atoms. The van der Waals surface area contributed by atoms with Crippen LogP contribution in [0.25, 0.3) is 0 Å². The van der Waals surface area contributed by atoms with E-state index in [-0.39, 0.29) is 18.0 Å². The van der Waals surface area contributed by atoms with Gasteiger partial charge in [-0.05, 0) is 30.5 Å². The van der Waals surface area contributed by atoms with Gasteiger partial charge < -0.3 is 19.9 Å². The van der Waals surface area contributed by atoms with Gasteiger partial charge in [0.05, 0.1) is 6.10 Å². The number of carbonyl (C=O) groups excluding carboxylic acids is 1. The summed E-state index contributed by atoms with van der Waals surface area (Å²) in [7, 11) is 1.83. The average Bonchev–Trinajstić information content (AvgIpc) is 3.22. The molecule has 2 N–H and O–H groups in total. The van der Waals surface area contributed by atoms with Crippen molar-refractivity contribution in [2.45, 2.75) is 25.0 Å². The largest absolute Gasteiger partial charge is 0.376 e. The highest BCUT2D eigenvalue weighted by atomic mass is 19.1. The van der Waals surface area contributed by atoms with Crippen LogP contribution in [0.2, 0.25) is 0 Å². The summed E-state index contributed by atoms with van der Waals surface area (Å²) in [5.74, 6) is 0.279. The van der Waals surface area contributed by atoms with Crippen LogP contribution in [0, 0.1) is 5.82 Å². The van der Waals surface area contributed by atoms with Gasteiger partial charge in [0, 0.05) is 32.6 Å². The second-order valence-corrected chi connectivity index (χ2v) is 5.87. The van der Waals surface area contributed by atoms with Gasteiger partial charge in [0.2, 0.25) is 0 Å². The number of benzene rings is 1. The first-order valence-corrected chi connectivity index (χ1v) is 8.02.